The number of rotatable bonds is 2. The van der Waals surface area contributed by atoms with Gasteiger partial charge in [0.05, 0.1) is 5.25 Å². The van der Waals surface area contributed by atoms with Crippen LogP contribution in [0.25, 0.3) is 0 Å². The van der Waals surface area contributed by atoms with E-state index in [1.807, 2.05) is 0 Å². The molecule has 0 aromatic rings. The molecular formula is C11H21NO3S. The first-order chi connectivity index (χ1) is 7.21. The largest absolute Gasteiger partial charge is 0.330 e. The van der Waals surface area contributed by atoms with Crippen molar-refractivity contribution in [1.29, 1.82) is 0 Å². The van der Waals surface area contributed by atoms with E-state index in [2.05, 4.69) is 20.8 Å². The zero-order chi connectivity index (χ0) is 12.3. The fraction of sp³-hybridized carbons (Fsp3) is 1.00. The quantitative estimate of drug-likeness (QED) is 0.717. The minimum Gasteiger partial charge on any atom is -0.330 e. The van der Waals surface area contributed by atoms with Crippen LogP contribution in [0.4, 0.5) is 0 Å². The van der Waals surface area contributed by atoms with Gasteiger partial charge in [-0.15, -0.1) is 0 Å². The third-order valence-electron chi connectivity index (χ3n) is 5.28. The van der Waals surface area contributed by atoms with Crippen LogP contribution in [0.15, 0.2) is 0 Å². The third-order valence-corrected chi connectivity index (χ3v) is 6.65. The molecule has 0 radical (unpaired) electrons. The molecule has 4 nitrogen and oxygen atoms in total. The van der Waals surface area contributed by atoms with E-state index in [0.29, 0.717) is 18.4 Å². The number of fused-ring (bicyclic) bond motifs is 2. The average Bonchev–Trinajstić information content (AvgIpc) is 2.62. The van der Waals surface area contributed by atoms with Crippen molar-refractivity contribution in [1.82, 2.24) is 0 Å². The number of hydrogen-bond acceptors (Lipinski definition) is 3. The van der Waals surface area contributed by atoms with E-state index in [4.69, 9.17) is 5.73 Å². The Labute approximate surface area is 97.3 Å². The molecule has 2 fully saturated rings. The first-order valence-corrected chi connectivity index (χ1v) is 7.38. The summed E-state index contributed by atoms with van der Waals surface area (Å²) >= 11 is 0. The van der Waals surface area contributed by atoms with Crippen LogP contribution in [-0.4, -0.2) is 24.8 Å². The Morgan fingerprint density at radius 2 is 2.00 bits per heavy atom. The van der Waals surface area contributed by atoms with Crippen LogP contribution in [0, 0.1) is 29.1 Å². The Bertz CT molecular complexity index is 390. The van der Waals surface area contributed by atoms with Crippen LogP contribution in [0.3, 0.4) is 0 Å². The maximum atomic E-state index is 11.5. The van der Waals surface area contributed by atoms with Gasteiger partial charge in [0.2, 0.25) is 0 Å². The average molecular weight is 247 g/mol. The third kappa shape index (κ3) is 1.45. The lowest BCUT2D eigenvalue weighted by atomic mass is 9.66. The molecule has 0 aromatic carbocycles. The molecule has 0 aliphatic heterocycles. The zero-order valence-corrected chi connectivity index (χ0v) is 10.9. The Morgan fingerprint density at radius 3 is 2.44 bits per heavy atom. The lowest BCUT2D eigenvalue weighted by molar-refractivity contribution is 0.100. The van der Waals surface area contributed by atoms with Gasteiger partial charge < -0.3 is 5.73 Å². The highest BCUT2D eigenvalue weighted by atomic mass is 32.2. The number of hydrogen-bond donors (Lipinski definition) is 2. The molecule has 2 saturated carbocycles. The summed E-state index contributed by atoms with van der Waals surface area (Å²) in [5, 5.41) is -0.645. The minimum absolute atomic E-state index is 0.0171. The van der Waals surface area contributed by atoms with Gasteiger partial charge >= 0.3 is 0 Å². The second-order valence-corrected chi connectivity index (χ2v) is 7.57. The molecule has 0 aromatic heterocycles. The zero-order valence-electron chi connectivity index (χ0n) is 10.1. The van der Waals surface area contributed by atoms with Crippen molar-refractivity contribution in [2.24, 2.45) is 34.8 Å². The first kappa shape index (κ1) is 12.3. The van der Waals surface area contributed by atoms with Crippen molar-refractivity contribution in [3.8, 4) is 0 Å². The molecule has 0 saturated heterocycles. The predicted molar refractivity (Wildman–Crippen MR) is 62.4 cm³/mol. The Morgan fingerprint density at radius 1 is 1.44 bits per heavy atom. The molecule has 5 atom stereocenters. The molecular weight excluding hydrogens is 226 g/mol. The van der Waals surface area contributed by atoms with E-state index in [-0.39, 0.29) is 17.3 Å². The molecule has 2 aliphatic rings. The lowest BCUT2D eigenvalue weighted by Crippen LogP contribution is -2.48. The molecule has 2 aliphatic carbocycles. The molecule has 16 heavy (non-hydrogen) atoms. The second kappa shape index (κ2) is 3.43. The standard InChI is InChI=1S/C11H21NO3S/c1-6-7-4-9(11(6,2)3)10(8(7)5-12)16(13,14)15/h6-10H,4-5,12H2,1-3H3,(H,13,14,15)/t6?,7?,8-,9?,10+/m1/s1. The summed E-state index contributed by atoms with van der Waals surface area (Å²) in [6.07, 6.45) is 0.889. The molecule has 2 bridgehead atoms. The maximum Gasteiger partial charge on any atom is 0.268 e. The normalized spacial score (nSPS) is 46.2. The van der Waals surface area contributed by atoms with Crippen LogP contribution >= 0.6 is 0 Å². The van der Waals surface area contributed by atoms with Crippen molar-refractivity contribution in [2.75, 3.05) is 6.54 Å². The van der Waals surface area contributed by atoms with Gasteiger partial charge in [0.25, 0.3) is 10.1 Å². The van der Waals surface area contributed by atoms with Gasteiger partial charge in [-0.05, 0) is 42.1 Å². The summed E-state index contributed by atoms with van der Waals surface area (Å²) in [6.45, 7) is 6.74. The van der Waals surface area contributed by atoms with Crippen molar-refractivity contribution >= 4 is 10.1 Å². The molecule has 3 N–H and O–H groups in total. The summed E-state index contributed by atoms with van der Waals surface area (Å²) in [7, 11) is -3.97. The highest BCUT2D eigenvalue weighted by Crippen LogP contribution is 2.62. The highest BCUT2D eigenvalue weighted by molar-refractivity contribution is 7.86. The predicted octanol–water partition coefficient (Wildman–Crippen LogP) is 1.13. The van der Waals surface area contributed by atoms with Crippen molar-refractivity contribution in [3.05, 3.63) is 0 Å². The fourth-order valence-corrected chi connectivity index (χ4v) is 5.70. The molecule has 3 unspecified atom stereocenters. The van der Waals surface area contributed by atoms with Crippen LogP contribution in [0.1, 0.15) is 27.2 Å². The fourth-order valence-electron chi connectivity index (χ4n) is 4.07. The van der Waals surface area contributed by atoms with E-state index >= 15 is 0 Å². The minimum atomic E-state index is -3.97. The van der Waals surface area contributed by atoms with E-state index < -0.39 is 15.4 Å². The molecule has 94 valence electrons. The summed E-state index contributed by atoms with van der Waals surface area (Å²) in [6, 6.07) is 0. The van der Waals surface area contributed by atoms with Crippen LogP contribution in [0.5, 0.6) is 0 Å². The van der Waals surface area contributed by atoms with Crippen molar-refractivity contribution in [3.63, 3.8) is 0 Å². The highest BCUT2D eigenvalue weighted by Gasteiger charge is 2.63. The van der Waals surface area contributed by atoms with Gasteiger partial charge in [-0.1, -0.05) is 20.8 Å². The van der Waals surface area contributed by atoms with Gasteiger partial charge in [0.15, 0.2) is 0 Å². The van der Waals surface area contributed by atoms with E-state index in [9.17, 15) is 13.0 Å². The van der Waals surface area contributed by atoms with Crippen LogP contribution in [-0.2, 0) is 10.1 Å². The van der Waals surface area contributed by atoms with E-state index in [1.165, 1.54) is 0 Å². The smallest absolute Gasteiger partial charge is 0.268 e. The Balaban J connectivity index is 2.42. The van der Waals surface area contributed by atoms with Crippen LogP contribution < -0.4 is 5.73 Å². The van der Waals surface area contributed by atoms with Gasteiger partial charge in [-0.25, -0.2) is 0 Å². The maximum absolute atomic E-state index is 11.5. The monoisotopic (exact) mass is 247 g/mol. The van der Waals surface area contributed by atoms with Crippen molar-refractivity contribution in [2.45, 2.75) is 32.4 Å². The summed E-state index contributed by atoms with van der Waals surface area (Å²) < 4.78 is 32.4. The summed E-state index contributed by atoms with van der Waals surface area (Å²) in [4.78, 5) is 0. The van der Waals surface area contributed by atoms with Crippen molar-refractivity contribution < 1.29 is 13.0 Å². The SMILES string of the molecule is CC1C2CC([C@@H](S(=O)(=O)O)[C@@H]2CN)C1(C)C. The van der Waals surface area contributed by atoms with Gasteiger partial charge in [-0.2, -0.15) is 8.42 Å². The van der Waals surface area contributed by atoms with Gasteiger partial charge in [-0.3, -0.25) is 4.55 Å². The molecule has 2 rings (SSSR count). The second-order valence-electron chi connectivity index (χ2n) is 6.00. The Kier molecular flexibility index (Phi) is 2.64. The van der Waals surface area contributed by atoms with Gasteiger partial charge in [0, 0.05) is 0 Å². The number of nitrogens with two attached hydrogens (primary N) is 1. The van der Waals surface area contributed by atoms with Crippen LogP contribution in [0.2, 0.25) is 0 Å². The summed E-state index contributed by atoms with van der Waals surface area (Å²) in [5.74, 6) is 0.806. The lowest BCUT2D eigenvalue weighted by Gasteiger charge is -2.43. The van der Waals surface area contributed by atoms with Gasteiger partial charge in [0.1, 0.15) is 0 Å². The Hall–Kier alpha value is -0.130. The van der Waals surface area contributed by atoms with E-state index in [1.54, 1.807) is 0 Å². The first-order valence-electron chi connectivity index (χ1n) is 5.87. The summed E-state index contributed by atoms with van der Waals surface area (Å²) in [5.41, 5.74) is 5.67. The topological polar surface area (TPSA) is 80.4 Å². The molecule has 0 amide bonds. The molecule has 0 heterocycles. The molecule has 0 spiro atoms. The molecule has 5 heteroatoms. The van der Waals surface area contributed by atoms with E-state index in [0.717, 1.165) is 6.42 Å².